The SMILES string of the molecule is CCCC(C)(C)CCNC(=O)C1C(=O)NCC1O. The molecule has 1 aliphatic heterocycles. The summed E-state index contributed by atoms with van der Waals surface area (Å²) in [4.78, 5) is 23.1. The molecule has 2 unspecified atom stereocenters. The second kappa shape index (κ2) is 6.18. The fraction of sp³-hybridized carbons (Fsp3) is 0.846. The van der Waals surface area contributed by atoms with Crippen molar-refractivity contribution in [2.45, 2.75) is 46.1 Å². The van der Waals surface area contributed by atoms with Crippen LogP contribution in [0.15, 0.2) is 0 Å². The first-order valence-corrected chi connectivity index (χ1v) is 6.61. The molecule has 3 N–H and O–H groups in total. The van der Waals surface area contributed by atoms with E-state index in [0.29, 0.717) is 6.54 Å². The Morgan fingerprint density at radius 1 is 1.50 bits per heavy atom. The molecule has 0 bridgehead atoms. The zero-order valence-electron chi connectivity index (χ0n) is 11.5. The zero-order valence-corrected chi connectivity index (χ0v) is 11.5. The molecule has 1 saturated heterocycles. The summed E-state index contributed by atoms with van der Waals surface area (Å²) in [6.45, 7) is 7.18. The fourth-order valence-corrected chi connectivity index (χ4v) is 2.34. The molecular formula is C13H24N2O3. The molecule has 1 rings (SSSR count). The van der Waals surface area contributed by atoms with Gasteiger partial charge in [-0.1, -0.05) is 27.2 Å². The van der Waals surface area contributed by atoms with Gasteiger partial charge >= 0.3 is 0 Å². The summed E-state index contributed by atoms with van der Waals surface area (Å²) < 4.78 is 0. The highest BCUT2D eigenvalue weighted by molar-refractivity contribution is 6.02. The zero-order chi connectivity index (χ0) is 13.8. The maximum absolute atomic E-state index is 11.8. The summed E-state index contributed by atoms with van der Waals surface area (Å²) in [5.74, 6) is -1.70. The third-order valence-electron chi connectivity index (χ3n) is 3.46. The third kappa shape index (κ3) is 3.98. The maximum Gasteiger partial charge on any atom is 0.235 e. The average Bonchev–Trinajstić information content (AvgIpc) is 2.58. The van der Waals surface area contributed by atoms with Crippen LogP contribution in [0.1, 0.15) is 40.0 Å². The maximum atomic E-state index is 11.8. The first-order chi connectivity index (χ1) is 8.37. The number of β-amino-alcohol motifs (C(OH)–C–C–N with tert-alkyl or cyclic N) is 1. The smallest absolute Gasteiger partial charge is 0.235 e. The molecule has 0 aliphatic carbocycles. The van der Waals surface area contributed by atoms with Crippen molar-refractivity contribution < 1.29 is 14.7 Å². The lowest BCUT2D eigenvalue weighted by molar-refractivity contribution is -0.135. The predicted octanol–water partition coefficient (Wildman–Crippen LogP) is 0.426. The fourth-order valence-electron chi connectivity index (χ4n) is 2.34. The predicted molar refractivity (Wildman–Crippen MR) is 68.8 cm³/mol. The van der Waals surface area contributed by atoms with Gasteiger partial charge in [-0.15, -0.1) is 0 Å². The van der Waals surface area contributed by atoms with Crippen LogP contribution >= 0.6 is 0 Å². The molecule has 0 radical (unpaired) electrons. The molecule has 18 heavy (non-hydrogen) atoms. The van der Waals surface area contributed by atoms with Crippen LogP contribution in [0.4, 0.5) is 0 Å². The van der Waals surface area contributed by atoms with Crippen LogP contribution in [-0.2, 0) is 9.59 Å². The number of carbonyl (C=O) groups excluding carboxylic acids is 2. The number of amides is 2. The molecule has 1 heterocycles. The van der Waals surface area contributed by atoms with E-state index in [1.807, 2.05) is 0 Å². The molecule has 2 atom stereocenters. The first kappa shape index (κ1) is 15.0. The van der Waals surface area contributed by atoms with E-state index in [2.05, 4.69) is 31.4 Å². The van der Waals surface area contributed by atoms with Crippen molar-refractivity contribution in [1.82, 2.24) is 10.6 Å². The molecule has 0 spiro atoms. The Kier molecular flexibility index (Phi) is 5.14. The van der Waals surface area contributed by atoms with Gasteiger partial charge in [0.15, 0.2) is 0 Å². The first-order valence-electron chi connectivity index (χ1n) is 6.61. The highest BCUT2D eigenvalue weighted by Gasteiger charge is 2.38. The van der Waals surface area contributed by atoms with Crippen LogP contribution in [0.25, 0.3) is 0 Å². The Labute approximate surface area is 108 Å². The van der Waals surface area contributed by atoms with Crippen LogP contribution in [0, 0.1) is 11.3 Å². The molecule has 5 heteroatoms. The van der Waals surface area contributed by atoms with Crippen molar-refractivity contribution >= 4 is 11.8 Å². The summed E-state index contributed by atoms with van der Waals surface area (Å²) in [6, 6.07) is 0. The van der Waals surface area contributed by atoms with Crippen LogP contribution < -0.4 is 10.6 Å². The second-order valence-electron chi connectivity index (χ2n) is 5.75. The lowest BCUT2D eigenvalue weighted by Gasteiger charge is -2.24. The molecule has 0 aromatic carbocycles. The van der Waals surface area contributed by atoms with E-state index in [-0.39, 0.29) is 23.8 Å². The minimum atomic E-state index is -0.945. The van der Waals surface area contributed by atoms with Gasteiger partial charge in [0.25, 0.3) is 0 Å². The lowest BCUT2D eigenvalue weighted by Crippen LogP contribution is -2.40. The molecule has 2 amide bonds. The molecule has 1 fully saturated rings. The van der Waals surface area contributed by atoms with Crippen molar-refractivity contribution in [2.24, 2.45) is 11.3 Å². The van der Waals surface area contributed by atoms with Gasteiger partial charge in [-0.05, 0) is 18.3 Å². The third-order valence-corrected chi connectivity index (χ3v) is 3.46. The Morgan fingerprint density at radius 3 is 2.67 bits per heavy atom. The standard InChI is InChI=1S/C13H24N2O3/c1-4-5-13(2,3)6-7-14-11(17)10-9(16)8-15-12(10)18/h9-10,16H,4-8H2,1-3H3,(H,14,17)(H,15,18). The summed E-state index contributed by atoms with van der Waals surface area (Å²) in [5.41, 5.74) is 0.193. The molecule has 1 aliphatic rings. The molecule has 5 nitrogen and oxygen atoms in total. The number of aliphatic hydroxyl groups excluding tert-OH is 1. The lowest BCUT2D eigenvalue weighted by atomic mass is 9.84. The summed E-state index contributed by atoms with van der Waals surface area (Å²) in [5, 5.41) is 14.7. The Balaban J connectivity index is 2.35. The largest absolute Gasteiger partial charge is 0.390 e. The number of hydrogen-bond donors (Lipinski definition) is 3. The Morgan fingerprint density at radius 2 is 2.17 bits per heavy atom. The van der Waals surface area contributed by atoms with Crippen molar-refractivity contribution in [2.75, 3.05) is 13.1 Å². The number of hydrogen-bond acceptors (Lipinski definition) is 3. The van der Waals surface area contributed by atoms with E-state index in [0.717, 1.165) is 19.3 Å². The summed E-state index contributed by atoms with van der Waals surface area (Å²) in [6.07, 6.45) is 2.19. The molecule has 0 aromatic rings. The molecule has 0 aromatic heterocycles. The average molecular weight is 256 g/mol. The van der Waals surface area contributed by atoms with E-state index in [1.165, 1.54) is 0 Å². The second-order valence-corrected chi connectivity index (χ2v) is 5.75. The van der Waals surface area contributed by atoms with E-state index < -0.39 is 12.0 Å². The van der Waals surface area contributed by atoms with Crippen molar-refractivity contribution in [3.05, 3.63) is 0 Å². The van der Waals surface area contributed by atoms with E-state index in [1.54, 1.807) is 0 Å². The molecule has 104 valence electrons. The number of aliphatic hydroxyl groups is 1. The van der Waals surface area contributed by atoms with Gasteiger partial charge in [0, 0.05) is 13.1 Å². The van der Waals surface area contributed by atoms with Gasteiger partial charge in [-0.25, -0.2) is 0 Å². The normalized spacial score (nSPS) is 23.9. The summed E-state index contributed by atoms with van der Waals surface area (Å²) >= 11 is 0. The van der Waals surface area contributed by atoms with Crippen LogP contribution in [0.3, 0.4) is 0 Å². The van der Waals surface area contributed by atoms with E-state index in [4.69, 9.17) is 0 Å². The Bertz CT molecular complexity index is 315. The van der Waals surface area contributed by atoms with Crippen LogP contribution in [0.5, 0.6) is 0 Å². The number of rotatable bonds is 6. The topological polar surface area (TPSA) is 78.4 Å². The van der Waals surface area contributed by atoms with E-state index >= 15 is 0 Å². The highest BCUT2D eigenvalue weighted by atomic mass is 16.3. The quantitative estimate of drug-likeness (QED) is 0.603. The number of nitrogens with one attached hydrogen (secondary N) is 2. The van der Waals surface area contributed by atoms with Gasteiger partial charge in [0.2, 0.25) is 11.8 Å². The van der Waals surface area contributed by atoms with Gasteiger partial charge in [0.05, 0.1) is 6.10 Å². The van der Waals surface area contributed by atoms with Crippen molar-refractivity contribution in [3.8, 4) is 0 Å². The van der Waals surface area contributed by atoms with Crippen molar-refractivity contribution in [1.29, 1.82) is 0 Å². The number of carbonyl (C=O) groups is 2. The van der Waals surface area contributed by atoms with Gasteiger partial charge in [-0.3, -0.25) is 9.59 Å². The van der Waals surface area contributed by atoms with E-state index in [9.17, 15) is 14.7 Å². The van der Waals surface area contributed by atoms with Crippen LogP contribution in [0.2, 0.25) is 0 Å². The monoisotopic (exact) mass is 256 g/mol. The Hall–Kier alpha value is -1.10. The van der Waals surface area contributed by atoms with Gasteiger partial charge in [0.1, 0.15) is 5.92 Å². The van der Waals surface area contributed by atoms with Crippen molar-refractivity contribution in [3.63, 3.8) is 0 Å². The molecule has 0 saturated carbocycles. The van der Waals surface area contributed by atoms with Gasteiger partial charge in [-0.2, -0.15) is 0 Å². The summed E-state index contributed by atoms with van der Waals surface area (Å²) in [7, 11) is 0. The minimum absolute atomic E-state index is 0.165. The highest BCUT2D eigenvalue weighted by Crippen LogP contribution is 2.25. The minimum Gasteiger partial charge on any atom is -0.390 e. The molecular weight excluding hydrogens is 232 g/mol. The van der Waals surface area contributed by atoms with Gasteiger partial charge < -0.3 is 15.7 Å². The van der Waals surface area contributed by atoms with Crippen LogP contribution in [-0.4, -0.2) is 36.1 Å².